The maximum atomic E-state index is 13.8. The minimum atomic E-state index is -4.92. The van der Waals surface area contributed by atoms with E-state index in [1.165, 1.54) is 13.8 Å². The van der Waals surface area contributed by atoms with Gasteiger partial charge in [-0.3, -0.25) is 4.79 Å². The SMILES string of the molecule is COC(=O)C(C)(C)NC(=O)c1cccc(C(F)(F)F)c1F. The van der Waals surface area contributed by atoms with E-state index in [0.717, 1.165) is 19.2 Å². The zero-order valence-electron chi connectivity index (χ0n) is 11.5. The first-order chi connectivity index (χ1) is 9.50. The highest BCUT2D eigenvalue weighted by molar-refractivity contribution is 5.98. The standard InChI is InChI=1S/C13H13F4NO3/c1-12(2,11(20)21-3)18-10(19)7-5-4-6-8(9(7)14)13(15,16)17/h4-6H,1-3H3,(H,18,19). The van der Waals surface area contributed by atoms with E-state index in [1.54, 1.807) is 0 Å². The number of nitrogens with one attached hydrogen (secondary N) is 1. The molecule has 0 bridgehead atoms. The first kappa shape index (κ1) is 16.9. The summed E-state index contributed by atoms with van der Waals surface area (Å²) in [4.78, 5) is 23.3. The van der Waals surface area contributed by atoms with Gasteiger partial charge in [-0.1, -0.05) is 6.07 Å². The summed E-state index contributed by atoms with van der Waals surface area (Å²) in [5.74, 6) is -3.65. The molecule has 4 nitrogen and oxygen atoms in total. The number of amides is 1. The van der Waals surface area contributed by atoms with Gasteiger partial charge in [0.2, 0.25) is 0 Å². The van der Waals surface area contributed by atoms with Crippen molar-refractivity contribution in [2.45, 2.75) is 25.6 Å². The predicted octanol–water partition coefficient (Wildman–Crippen LogP) is 2.53. The van der Waals surface area contributed by atoms with Crippen LogP contribution in [0, 0.1) is 5.82 Å². The number of hydrogen-bond donors (Lipinski definition) is 1. The summed E-state index contributed by atoms with van der Waals surface area (Å²) in [5, 5.41) is 2.12. The van der Waals surface area contributed by atoms with E-state index in [1.807, 2.05) is 0 Å². The third-order valence-electron chi connectivity index (χ3n) is 2.67. The average Bonchev–Trinajstić information content (AvgIpc) is 2.35. The first-order valence-corrected chi connectivity index (χ1v) is 5.77. The van der Waals surface area contributed by atoms with Gasteiger partial charge >= 0.3 is 12.1 Å². The first-order valence-electron chi connectivity index (χ1n) is 5.77. The fourth-order valence-corrected chi connectivity index (χ4v) is 1.58. The Morgan fingerprint density at radius 3 is 2.24 bits per heavy atom. The normalized spacial score (nSPS) is 12.0. The Bertz CT molecular complexity index is 567. The van der Waals surface area contributed by atoms with Gasteiger partial charge in [0, 0.05) is 0 Å². The van der Waals surface area contributed by atoms with Crippen molar-refractivity contribution in [1.82, 2.24) is 5.32 Å². The highest BCUT2D eigenvalue weighted by Crippen LogP contribution is 2.32. The number of methoxy groups -OCH3 is 1. The summed E-state index contributed by atoms with van der Waals surface area (Å²) in [7, 11) is 1.08. The number of rotatable bonds is 3. The van der Waals surface area contributed by atoms with Crippen molar-refractivity contribution < 1.29 is 31.9 Å². The summed E-state index contributed by atoms with van der Waals surface area (Å²) >= 11 is 0. The maximum absolute atomic E-state index is 13.8. The Balaban J connectivity index is 3.13. The van der Waals surface area contributed by atoms with Crippen molar-refractivity contribution in [3.8, 4) is 0 Å². The van der Waals surface area contributed by atoms with E-state index in [-0.39, 0.29) is 0 Å². The fraction of sp³-hybridized carbons (Fsp3) is 0.385. The van der Waals surface area contributed by atoms with Crippen LogP contribution in [0.1, 0.15) is 29.8 Å². The minimum Gasteiger partial charge on any atom is -0.467 e. The second-order valence-electron chi connectivity index (χ2n) is 4.74. The Hall–Kier alpha value is -2.12. The number of esters is 1. The molecular formula is C13H13F4NO3. The number of carbonyl (C=O) groups is 2. The average molecular weight is 307 g/mol. The Labute approximate surface area is 118 Å². The van der Waals surface area contributed by atoms with Gasteiger partial charge in [-0.15, -0.1) is 0 Å². The van der Waals surface area contributed by atoms with Crippen molar-refractivity contribution in [1.29, 1.82) is 0 Å². The molecule has 1 N–H and O–H groups in total. The largest absolute Gasteiger partial charge is 0.467 e. The molecule has 0 aliphatic rings. The molecule has 0 fully saturated rings. The predicted molar refractivity (Wildman–Crippen MR) is 65.0 cm³/mol. The smallest absolute Gasteiger partial charge is 0.419 e. The van der Waals surface area contributed by atoms with Gasteiger partial charge in [0.15, 0.2) is 0 Å². The number of halogens is 4. The van der Waals surface area contributed by atoms with E-state index in [4.69, 9.17) is 0 Å². The van der Waals surface area contributed by atoms with E-state index in [9.17, 15) is 27.2 Å². The molecule has 0 aromatic heterocycles. The van der Waals surface area contributed by atoms with Crippen molar-refractivity contribution >= 4 is 11.9 Å². The van der Waals surface area contributed by atoms with Gasteiger partial charge in [0.05, 0.1) is 18.2 Å². The quantitative estimate of drug-likeness (QED) is 0.689. The zero-order valence-corrected chi connectivity index (χ0v) is 11.5. The van der Waals surface area contributed by atoms with Gasteiger partial charge in [0.25, 0.3) is 5.91 Å². The van der Waals surface area contributed by atoms with Crippen molar-refractivity contribution in [2.24, 2.45) is 0 Å². The van der Waals surface area contributed by atoms with Crippen molar-refractivity contribution in [2.75, 3.05) is 7.11 Å². The third kappa shape index (κ3) is 3.71. The van der Waals surface area contributed by atoms with Gasteiger partial charge < -0.3 is 10.1 Å². The monoisotopic (exact) mass is 307 g/mol. The molecule has 0 radical (unpaired) electrons. The zero-order chi connectivity index (χ0) is 16.4. The summed E-state index contributed by atoms with van der Waals surface area (Å²) in [6.45, 7) is 2.56. The molecule has 21 heavy (non-hydrogen) atoms. The topological polar surface area (TPSA) is 55.4 Å². The fourth-order valence-electron chi connectivity index (χ4n) is 1.58. The van der Waals surface area contributed by atoms with E-state index >= 15 is 0 Å². The number of hydrogen-bond acceptors (Lipinski definition) is 3. The molecular weight excluding hydrogens is 294 g/mol. The lowest BCUT2D eigenvalue weighted by Crippen LogP contribution is -2.50. The molecule has 0 saturated carbocycles. The van der Waals surface area contributed by atoms with Crippen LogP contribution < -0.4 is 5.32 Å². The number of carbonyl (C=O) groups excluding carboxylic acids is 2. The molecule has 0 spiro atoms. The number of alkyl halides is 3. The van der Waals surface area contributed by atoms with Gasteiger partial charge in [0.1, 0.15) is 11.4 Å². The molecule has 1 rings (SSSR count). The van der Waals surface area contributed by atoms with Crippen LogP contribution in [0.2, 0.25) is 0 Å². The molecule has 1 aromatic carbocycles. The minimum absolute atomic E-state index is 0.525. The summed E-state index contributed by atoms with van der Waals surface area (Å²) < 4.78 is 55.9. The van der Waals surface area contributed by atoms with Gasteiger partial charge in [-0.2, -0.15) is 13.2 Å². The third-order valence-corrected chi connectivity index (χ3v) is 2.67. The van der Waals surface area contributed by atoms with Crippen LogP contribution in [0.3, 0.4) is 0 Å². The van der Waals surface area contributed by atoms with Crippen LogP contribution >= 0.6 is 0 Å². The van der Waals surface area contributed by atoms with Crippen LogP contribution in [0.5, 0.6) is 0 Å². The van der Waals surface area contributed by atoms with Crippen LogP contribution in [-0.2, 0) is 15.7 Å². The molecule has 1 amide bonds. The second kappa shape index (κ2) is 5.71. The Morgan fingerprint density at radius 2 is 1.76 bits per heavy atom. The van der Waals surface area contributed by atoms with Gasteiger partial charge in [-0.05, 0) is 26.0 Å². The summed E-state index contributed by atoms with van der Waals surface area (Å²) in [5.41, 5.74) is -3.86. The number of benzene rings is 1. The molecule has 1 aromatic rings. The Kier molecular flexibility index (Phi) is 4.60. The van der Waals surface area contributed by atoms with Crippen LogP contribution in [0.15, 0.2) is 18.2 Å². The molecule has 0 saturated heterocycles. The summed E-state index contributed by atoms with van der Waals surface area (Å²) in [6.07, 6.45) is -4.92. The van der Waals surface area contributed by atoms with E-state index < -0.39 is 40.5 Å². The van der Waals surface area contributed by atoms with Crippen molar-refractivity contribution in [3.63, 3.8) is 0 Å². The van der Waals surface area contributed by atoms with Crippen LogP contribution in [-0.4, -0.2) is 24.5 Å². The lowest BCUT2D eigenvalue weighted by molar-refractivity contribution is -0.146. The van der Waals surface area contributed by atoms with E-state index in [2.05, 4.69) is 10.1 Å². The highest BCUT2D eigenvalue weighted by Gasteiger charge is 2.37. The molecule has 8 heteroatoms. The van der Waals surface area contributed by atoms with Gasteiger partial charge in [-0.25, -0.2) is 9.18 Å². The molecule has 0 heterocycles. The Morgan fingerprint density at radius 1 is 1.19 bits per heavy atom. The molecule has 0 aliphatic carbocycles. The maximum Gasteiger partial charge on any atom is 0.419 e. The molecule has 116 valence electrons. The van der Waals surface area contributed by atoms with Crippen LogP contribution in [0.4, 0.5) is 17.6 Å². The molecule has 0 unspecified atom stereocenters. The second-order valence-corrected chi connectivity index (χ2v) is 4.74. The van der Waals surface area contributed by atoms with Crippen LogP contribution in [0.25, 0.3) is 0 Å². The lowest BCUT2D eigenvalue weighted by atomic mass is 10.0. The lowest BCUT2D eigenvalue weighted by Gasteiger charge is -2.23. The molecule has 0 atom stereocenters. The summed E-state index contributed by atoms with van der Waals surface area (Å²) in [6, 6.07) is 2.33. The molecule has 0 aliphatic heterocycles. The van der Waals surface area contributed by atoms with E-state index in [0.29, 0.717) is 6.07 Å². The number of ether oxygens (including phenoxy) is 1. The van der Waals surface area contributed by atoms with Crippen molar-refractivity contribution in [3.05, 3.63) is 35.1 Å². The highest BCUT2D eigenvalue weighted by atomic mass is 19.4.